The van der Waals surface area contributed by atoms with Gasteiger partial charge >= 0.3 is 0 Å². The molecular formula is C16H31N3O. The Morgan fingerprint density at radius 1 is 1.35 bits per heavy atom. The molecule has 1 atom stereocenters. The van der Waals surface area contributed by atoms with Crippen molar-refractivity contribution in [1.29, 1.82) is 0 Å². The maximum atomic E-state index is 5.43. The molecule has 1 aromatic rings. The summed E-state index contributed by atoms with van der Waals surface area (Å²) in [6.45, 7) is 11.3. The highest BCUT2D eigenvalue weighted by atomic mass is 16.5. The lowest BCUT2D eigenvalue weighted by molar-refractivity contribution is 0.140. The van der Waals surface area contributed by atoms with Crippen molar-refractivity contribution < 1.29 is 4.74 Å². The van der Waals surface area contributed by atoms with Gasteiger partial charge in [0.25, 0.3) is 0 Å². The molecule has 20 heavy (non-hydrogen) atoms. The Labute approximate surface area is 123 Å². The summed E-state index contributed by atoms with van der Waals surface area (Å²) in [4.78, 5) is 0. The summed E-state index contributed by atoms with van der Waals surface area (Å²) in [6.07, 6.45) is 6.51. The van der Waals surface area contributed by atoms with Gasteiger partial charge in [-0.2, -0.15) is 5.10 Å². The molecule has 0 aliphatic rings. The molecule has 0 aliphatic carbocycles. The van der Waals surface area contributed by atoms with E-state index in [0.29, 0.717) is 12.1 Å². The first-order valence-electron chi connectivity index (χ1n) is 8.02. The fraction of sp³-hybridized carbons (Fsp3) is 0.812. The van der Waals surface area contributed by atoms with Crippen LogP contribution in [0.5, 0.6) is 0 Å². The van der Waals surface area contributed by atoms with Crippen LogP contribution in [0, 0.1) is 0 Å². The van der Waals surface area contributed by atoms with Crippen molar-refractivity contribution in [3.63, 3.8) is 0 Å². The van der Waals surface area contributed by atoms with Gasteiger partial charge in [0.1, 0.15) is 0 Å². The van der Waals surface area contributed by atoms with E-state index in [9.17, 15) is 0 Å². The standard InChI is InChI=1S/C16H31N3O/c1-5-10-17-15(8-7-12-20-6-2)13-16-9-11-19(18-16)14(3)4/h9,11,14-15,17H,5-8,10,12-13H2,1-4H3. The van der Waals surface area contributed by atoms with E-state index < -0.39 is 0 Å². The van der Waals surface area contributed by atoms with Crippen LogP contribution in [0.4, 0.5) is 0 Å². The van der Waals surface area contributed by atoms with Gasteiger partial charge in [0.2, 0.25) is 0 Å². The van der Waals surface area contributed by atoms with Crippen LogP contribution >= 0.6 is 0 Å². The summed E-state index contributed by atoms with van der Waals surface area (Å²) >= 11 is 0. The number of hydrogen-bond acceptors (Lipinski definition) is 3. The Kier molecular flexibility index (Phi) is 8.54. The van der Waals surface area contributed by atoms with Gasteiger partial charge in [0, 0.05) is 37.9 Å². The minimum atomic E-state index is 0.434. The molecule has 0 aliphatic heterocycles. The number of aromatic nitrogens is 2. The summed E-state index contributed by atoms with van der Waals surface area (Å²) < 4.78 is 7.46. The highest BCUT2D eigenvalue weighted by Crippen LogP contribution is 2.09. The monoisotopic (exact) mass is 281 g/mol. The maximum absolute atomic E-state index is 5.43. The lowest BCUT2D eigenvalue weighted by Gasteiger charge is -2.17. The van der Waals surface area contributed by atoms with Crippen LogP contribution in [-0.2, 0) is 11.2 Å². The zero-order valence-electron chi connectivity index (χ0n) is 13.6. The molecule has 1 unspecified atom stereocenters. The second-order valence-corrected chi connectivity index (χ2v) is 5.58. The van der Waals surface area contributed by atoms with E-state index >= 15 is 0 Å². The largest absolute Gasteiger partial charge is 0.382 e. The lowest BCUT2D eigenvalue weighted by Crippen LogP contribution is -2.32. The third-order valence-corrected chi connectivity index (χ3v) is 3.38. The molecule has 116 valence electrons. The molecule has 1 aromatic heterocycles. The minimum absolute atomic E-state index is 0.434. The number of rotatable bonds is 11. The molecule has 0 radical (unpaired) electrons. The Hall–Kier alpha value is -0.870. The maximum Gasteiger partial charge on any atom is 0.0640 e. The van der Waals surface area contributed by atoms with E-state index in [0.717, 1.165) is 39.0 Å². The van der Waals surface area contributed by atoms with Gasteiger partial charge in [-0.05, 0) is 52.6 Å². The number of nitrogens with one attached hydrogen (secondary N) is 1. The van der Waals surface area contributed by atoms with Crippen molar-refractivity contribution in [3.8, 4) is 0 Å². The third-order valence-electron chi connectivity index (χ3n) is 3.38. The first-order valence-corrected chi connectivity index (χ1v) is 8.02. The van der Waals surface area contributed by atoms with Crippen molar-refractivity contribution in [2.75, 3.05) is 19.8 Å². The topological polar surface area (TPSA) is 39.1 Å². The molecule has 4 nitrogen and oxygen atoms in total. The van der Waals surface area contributed by atoms with E-state index in [1.54, 1.807) is 0 Å². The predicted octanol–water partition coefficient (Wildman–Crippen LogP) is 3.19. The van der Waals surface area contributed by atoms with Crippen LogP contribution in [-0.4, -0.2) is 35.6 Å². The van der Waals surface area contributed by atoms with Crippen molar-refractivity contribution in [2.24, 2.45) is 0 Å². The Bertz CT molecular complexity index is 349. The van der Waals surface area contributed by atoms with E-state index in [1.165, 1.54) is 12.1 Å². The first-order chi connectivity index (χ1) is 9.67. The fourth-order valence-electron chi connectivity index (χ4n) is 2.23. The number of ether oxygens (including phenoxy) is 1. The number of nitrogens with zero attached hydrogens (tertiary/aromatic N) is 2. The van der Waals surface area contributed by atoms with Gasteiger partial charge in [-0.1, -0.05) is 6.92 Å². The van der Waals surface area contributed by atoms with Crippen molar-refractivity contribution in [1.82, 2.24) is 15.1 Å². The predicted molar refractivity (Wildman–Crippen MR) is 84.1 cm³/mol. The van der Waals surface area contributed by atoms with E-state index in [2.05, 4.69) is 43.4 Å². The van der Waals surface area contributed by atoms with E-state index in [4.69, 9.17) is 4.74 Å². The average molecular weight is 281 g/mol. The third kappa shape index (κ3) is 6.53. The summed E-state index contributed by atoms with van der Waals surface area (Å²) in [6, 6.07) is 3.08. The molecule has 0 fully saturated rings. The van der Waals surface area contributed by atoms with Crippen LogP contribution in [0.1, 0.15) is 58.7 Å². The Balaban J connectivity index is 2.44. The van der Waals surface area contributed by atoms with Gasteiger partial charge in [-0.3, -0.25) is 4.68 Å². The molecule has 1 rings (SSSR count). The molecule has 0 saturated carbocycles. The smallest absolute Gasteiger partial charge is 0.0640 e. The van der Waals surface area contributed by atoms with Gasteiger partial charge in [-0.25, -0.2) is 0 Å². The molecule has 0 bridgehead atoms. The van der Waals surface area contributed by atoms with Gasteiger partial charge < -0.3 is 10.1 Å². The fourth-order valence-corrected chi connectivity index (χ4v) is 2.23. The van der Waals surface area contributed by atoms with Gasteiger partial charge in [-0.15, -0.1) is 0 Å². The van der Waals surface area contributed by atoms with Gasteiger partial charge in [0.15, 0.2) is 0 Å². The van der Waals surface area contributed by atoms with Crippen molar-refractivity contribution >= 4 is 0 Å². The lowest BCUT2D eigenvalue weighted by atomic mass is 10.1. The summed E-state index contributed by atoms with van der Waals surface area (Å²) in [5, 5.41) is 8.28. The van der Waals surface area contributed by atoms with E-state index in [-0.39, 0.29) is 0 Å². The molecule has 0 aromatic carbocycles. The summed E-state index contributed by atoms with van der Waals surface area (Å²) in [5.74, 6) is 0. The van der Waals surface area contributed by atoms with Crippen LogP contribution in [0.25, 0.3) is 0 Å². The molecule has 0 amide bonds. The van der Waals surface area contributed by atoms with Crippen molar-refractivity contribution in [3.05, 3.63) is 18.0 Å². The van der Waals surface area contributed by atoms with Crippen LogP contribution in [0.3, 0.4) is 0 Å². The van der Waals surface area contributed by atoms with Crippen molar-refractivity contribution in [2.45, 2.75) is 65.5 Å². The second-order valence-electron chi connectivity index (χ2n) is 5.58. The average Bonchev–Trinajstić information content (AvgIpc) is 2.89. The molecular weight excluding hydrogens is 250 g/mol. The SMILES string of the molecule is CCCNC(CCCOCC)Cc1ccn(C(C)C)n1. The Morgan fingerprint density at radius 2 is 2.15 bits per heavy atom. The Morgan fingerprint density at radius 3 is 2.75 bits per heavy atom. The normalized spacial score (nSPS) is 13.1. The molecule has 1 N–H and O–H groups in total. The molecule has 4 heteroatoms. The second kappa shape index (κ2) is 9.94. The quantitative estimate of drug-likeness (QED) is 0.633. The van der Waals surface area contributed by atoms with Gasteiger partial charge in [0.05, 0.1) is 5.69 Å². The minimum Gasteiger partial charge on any atom is -0.382 e. The molecule has 1 heterocycles. The summed E-state index contributed by atoms with van der Waals surface area (Å²) in [5.41, 5.74) is 1.18. The number of hydrogen-bond donors (Lipinski definition) is 1. The molecule has 0 saturated heterocycles. The molecule has 0 spiro atoms. The highest BCUT2D eigenvalue weighted by molar-refractivity contribution is 5.02. The van der Waals surface area contributed by atoms with Crippen LogP contribution in [0.15, 0.2) is 12.3 Å². The van der Waals surface area contributed by atoms with Crippen LogP contribution in [0.2, 0.25) is 0 Å². The summed E-state index contributed by atoms with van der Waals surface area (Å²) in [7, 11) is 0. The van der Waals surface area contributed by atoms with Crippen LogP contribution < -0.4 is 5.32 Å². The first kappa shape index (κ1) is 17.2. The zero-order valence-corrected chi connectivity index (χ0v) is 13.6. The highest BCUT2D eigenvalue weighted by Gasteiger charge is 2.11. The zero-order chi connectivity index (χ0) is 14.8. The van der Waals surface area contributed by atoms with E-state index in [1.807, 2.05) is 11.6 Å².